The van der Waals surface area contributed by atoms with Crippen LogP contribution in [-0.2, 0) is 0 Å². The molecule has 1 heteroatoms. The lowest BCUT2D eigenvalue weighted by Gasteiger charge is -2.42. The van der Waals surface area contributed by atoms with Crippen LogP contribution in [0.3, 0.4) is 0 Å². The number of hydrogen-bond donors (Lipinski definition) is 0. The third-order valence-electron chi connectivity index (χ3n) is 5.61. The normalized spacial score (nSPS) is 43.1. The molecule has 0 amide bonds. The zero-order valence-electron chi connectivity index (χ0n) is 9.90. The van der Waals surface area contributed by atoms with Gasteiger partial charge in [0.2, 0.25) is 0 Å². The summed E-state index contributed by atoms with van der Waals surface area (Å²) < 4.78 is 0. The molecule has 1 saturated carbocycles. The van der Waals surface area contributed by atoms with Crippen molar-refractivity contribution in [3.63, 3.8) is 0 Å². The molecule has 2 heterocycles. The molecule has 0 aromatic rings. The Labute approximate surface area is 87.9 Å². The van der Waals surface area contributed by atoms with E-state index in [0.29, 0.717) is 11.0 Å². The second-order valence-corrected chi connectivity index (χ2v) is 6.62. The molecule has 0 aromatic heterocycles. The molecule has 1 nitrogen and oxygen atoms in total. The summed E-state index contributed by atoms with van der Waals surface area (Å²) >= 11 is 0. The minimum absolute atomic E-state index is 0.563. The highest BCUT2D eigenvalue weighted by molar-refractivity contribution is 5.18. The van der Waals surface area contributed by atoms with Gasteiger partial charge in [0, 0.05) is 12.1 Å². The Balaban J connectivity index is 1.97. The first-order valence-corrected chi connectivity index (χ1v) is 6.29. The number of rotatable bonds is 1. The lowest BCUT2D eigenvalue weighted by atomic mass is 9.68. The highest BCUT2D eigenvalue weighted by Crippen LogP contribution is 2.65. The molecular weight excluding hydrogens is 170 g/mol. The smallest absolute Gasteiger partial charge is 0.0264 e. The van der Waals surface area contributed by atoms with Crippen molar-refractivity contribution >= 4 is 0 Å². The van der Waals surface area contributed by atoms with Crippen molar-refractivity contribution < 1.29 is 0 Å². The molecule has 0 aromatic carbocycles. The highest BCUT2D eigenvalue weighted by atomic mass is 15.3. The first kappa shape index (κ1) is 9.21. The van der Waals surface area contributed by atoms with Gasteiger partial charge >= 0.3 is 0 Å². The molecule has 3 aliphatic rings. The second-order valence-electron chi connectivity index (χ2n) is 6.62. The summed E-state index contributed by atoms with van der Waals surface area (Å²) in [6.45, 7) is 10.2. The zero-order valence-corrected chi connectivity index (χ0v) is 9.90. The van der Waals surface area contributed by atoms with Gasteiger partial charge in [0.1, 0.15) is 0 Å². The molecule has 3 rings (SSSR count). The molecule has 0 bridgehead atoms. The Morgan fingerprint density at radius 2 is 1.86 bits per heavy atom. The Hall–Kier alpha value is -0.0400. The first-order chi connectivity index (χ1) is 6.54. The van der Waals surface area contributed by atoms with Crippen molar-refractivity contribution in [2.45, 2.75) is 58.4 Å². The van der Waals surface area contributed by atoms with Crippen molar-refractivity contribution in [1.82, 2.24) is 4.90 Å². The van der Waals surface area contributed by atoms with Crippen molar-refractivity contribution in [1.29, 1.82) is 0 Å². The van der Waals surface area contributed by atoms with E-state index in [1.165, 1.54) is 45.2 Å². The largest absolute Gasteiger partial charge is 0.297 e. The van der Waals surface area contributed by atoms with Crippen LogP contribution >= 0.6 is 0 Å². The average Bonchev–Trinajstić information content (AvgIpc) is 2.70. The summed E-state index contributed by atoms with van der Waals surface area (Å²) in [6, 6.07) is 0. The molecule has 1 atom stereocenters. The maximum atomic E-state index is 2.83. The van der Waals surface area contributed by atoms with E-state index in [9.17, 15) is 0 Å². The minimum Gasteiger partial charge on any atom is -0.297 e. The van der Waals surface area contributed by atoms with Crippen LogP contribution in [0.4, 0.5) is 0 Å². The molecule has 0 N–H and O–H groups in total. The van der Waals surface area contributed by atoms with Crippen LogP contribution in [0.15, 0.2) is 0 Å². The van der Waals surface area contributed by atoms with E-state index in [0.717, 1.165) is 5.41 Å². The van der Waals surface area contributed by atoms with Gasteiger partial charge in [-0.3, -0.25) is 4.90 Å². The van der Waals surface area contributed by atoms with Gasteiger partial charge in [-0.2, -0.15) is 0 Å². The second kappa shape index (κ2) is 2.37. The van der Waals surface area contributed by atoms with Gasteiger partial charge < -0.3 is 0 Å². The standard InChI is InChI=1S/C13H23N/c1-4-13-9-12(5-6-12)10-14(13)8-7-11(13,2)3/h4-10H2,1-3H3/t13-/m1/s1. The van der Waals surface area contributed by atoms with Crippen LogP contribution in [0.5, 0.6) is 0 Å². The third-order valence-corrected chi connectivity index (χ3v) is 5.61. The summed E-state index contributed by atoms with van der Waals surface area (Å²) in [5.41, 5.74) is 1.92. The Kier molecular flexibility index (Phi) is 1.56. The van der Waals surface area contributed by atoms with Crippen molar-refractivity contribution in [2.75, 3.05) is 13.1 Å². The van der Waals surface area contributed by atoms with Gasteiger partial charge in [0.05, 0.1) is 0 Å². The van der Waals surface area contributed by atoms with E-state index in [4.69, 9.17) is 0 Å². The lowest BCUT2D eigenvalue weighted by Crippen LogP contribution is -2.46. The fraction of sp³-hybridized carbons (Fsp3) is 1.00. The van der Waals surface area contributed by atoms with Crippen LogP contribution in [0.1, 0.15) is 52.9 Å². The van der Waals surface area contributed by atoms with Crippen LogP contribution < -0.4 is 0 Å². The monoisotopic (exact) mass is 193 g/mol. The van der Waals surface area contributed by atoms with Gasteiger partial charge in [-0.05, 0) is 49.5 Å². The summed E-state index contributed by atoms with van der Waals surface area (Å²) in [5, 5.41) is 0. The van der Waals surface area contributed by atoms with Gasteiger partial charge in [-0.15, -0.1) is 0 Å². The summed E-state index contributed by atoms with van der Waals surface area (Å²) in [4.78, 5) is 2.83. The van der Waals surface area contributed by atoms with E-state index >= 15 is 0 Å². The summed E-state index contributed by atoms with van der Waals surface area (Å²) in [5.74, 6) is 0. The van der Waals surface area contributed by atoms with Crippen LogP contribution in [0.2, 0.25) is 0 Å². The molecule has 1 aliphatic carbocycles. The summed E-state index contributed by atoms with van der Waals surface area (Å²) in [6.07, 6.45) is 7.31. The number of nitrogens with zero attached hydrogens (tertiary/aromatic N) is 1. The van der Waals surface area contributed by atoms with Gasteiger partial charge in [0.15, 0.2) is 0 Å². The molecule has 0 unspecified atom stereocenters. The average molecular weight is 193 g/mol. The fourth-order valence-electron chi connectivity index (χ4n) is 4.29. The molecule has 0 radical (unpaired) electrons. The zero-order chi connectivity index (χ0) is 10.0. The number of fused-ring (bicyclic) bond motifs is 1. The molecule has 80 valence electrons. The van der Waals surface area contributed by atoms with Gasteiger partial charge in [-0.25, -0.2) is 0 Å². The molecule has 2 saturated heterocycles. The maximum Gasteiger partial charge on any atom is 0.0264 e. The minimum atomic E-state index is 0.563. The first-order valence-electron chi connectivity index (χ1n) is 6.29. The molecule has 14 heavy (non-hydrogen) atoms. The fourth-order valence-corrected chi connectivity index (χ4v) is 4.29. The van der Waals surface area contributed by atoms with E-state index in [1.54, 1.807) is 0 Å². The van der Waals surface area contributed by atoms with Gasteiger partial charge in [0.25, 0.3) is 0 Å². The van der Waals surface area contributed by atoms with E-state index < -0.39 is 0 Å². The van der Waals surface area contributed by atoms with Crippen LogP contribution in [-0.4, -0.2) is 23.5 Å². The SMILES string of the molecule is CC[C@]12CC3(CC3)CN1CCC2(C)C. The summed E-state index contributed by atoms with van der Waals surface area (Å²) in [7, 11) is 0. The maximum absolute atomic E-state index is 2.83. The van der Waals surface area contributed by atoms with E-state index in [1.807, 2.05) is 0 Å². The van der Waals surface area contributed by atoms with E-state index in [-0.39, 0.29) is 0 Å². The number of hydrogen-bond acceptors (Lipinski definition) is 1. The predicted molar refractivity (Wildman–Crippen MR) is 59.3 cm³/mol. The quantitative estimate of drug-likeness (QED) is 0.618. The Morgan fingerprint density at radius 1 is 1.14 bits per heavy atom. The van der Waals surface area contributed by atoms with Gasteiger partial charge in [-0.1, -0.05) is 20.8 Å². The van der Waals surface area contributed by atoms with Crippen molar-refractivity contribution in [3.8, 4) is 0 Å². The van der Waals surface area contributed by atoms with Crippen molar-refractivity contribution in [2.24, 2.45) is 10.8 Å². The molecule has 1 spiro atoms. The Morgan fingerprint density at radius 3 is 2.36 bits per heavy atom. The molecule has 3 fully saturated rings. The highest BCUT2D eigenvalue weighted by Gasteiger charge is 2.64. The van der Waals surface area contributed by atoms with Crippen LogP contribution in [0.25, 0.3) is 0 Å². The third kappa shape index (κ3) is 0.900. The lowest BCUT2D eigenvalue weighted by molar-refractivity contribution is 0.0890. The van der Waals surface area contributed by atoms with Crippen LogP contribution in [0, 0.1) is 10.8 Å². The predicted octanol–water partition coefficient (Wildman–Crippen LogP) is 3.05. The molecule has 2 aliphatic heterocycles. The molecular formula is C13H23N. The van der Waals surface area contributed by atoms with E-state index in [2.05, 4.69) is 25.7 Å². The Bertz CT molecular complexity index is 264. The topological polar surface area (TPSA) is 3.24 Å². The van der Waals surface area contributed by atoms with Crippen molar-refractivity contribution in [3.05, 3.63) is 0 Å².